The highest BCUT2D eigenvalue weighted by Gasteiger charge is 2.23. The van der Waals surface area contributed by atoms with E-state index in [4.69, 9.17) is 4.74 Å². The van der Waals surface area contributed by atoms with Crippen LogP contribution in [0.15, 0.2) is 77.4 Å². The van der Waals surface area contributed by atoms with Gasteiger partial charge in [0.25, 0.3) is 11.8 Å². The molecule has 3 rings (SSSR count). The van der Waals surface area contributed by atoms with E-state index < -0.39 is 23.9 Å². The maximum absolute atomic E-state index is 12.7. The number of hydrogen-bond acceptors (Lipinski definition) is 4. The molecule has 0 spiro atoms. The Balaban J connectivity index is 1.60. The molecule has 0 fully saturated rings. The molecular weight excluding hydrogens is 464 g/mol. The van der Waals surface area contributed by atoms with Crippen molar-refractivity contribution in [3.05, 3.63) is 94.2 Å². The van der Waals surface area contributed by atoms with E-state index in [0.717, 1.165) is 11.1 Å². The summed E-state index contributed by atoms with van der Waals surface area (Å²) in [5, 5.41) is 2.56. The molecule has 1 atom stereocenters. The molecule has 0 unspecified atom stereocenters. The first kappa shape index (κ1) is 22.1. The summed E-state index contributed by atoms with van der Waals surface area (Å²) >= 11 is 3.24. The van der Waals surface area contributed by atoms with Gasteiger partial charge in [-0.15, -0.1) is 0 Å². The van der Waals surface area contributed by atoms with Crippen molar-refractivity contribution in [3.8, 4) is 0 Å². The minimum atomic E-state index is -0.957. The molecule has 8 nitrogen and oxygen atoms in total. The number of halogens is 1. The fourth-order valence-electron chi connectivity index (χ4n) is 2.74. The Labute approximate surface area is 187 Å². The minimum absolute atomic E-state index is 0.0742. The molecular formula is C22H21BrN4O4. The van der Waals surface area contributed by atoms with Crippen LogP contribution in [0.1, 0.15) is 21.6 Å². The zero-order chi connectivity index (χ0) is 22.1. The fourth-order valence-corrected chi connectivity index (χ4v) is 3.08. The lowest BCUT2D eigenvalue weighted by molar-refractivity contribution is -0.123. The number of benzene rings is 2. The van der Waals surface area contributed by atoms with Gasteiger partial charge in [-0.2, -0.15) is 0 Å². The van der Waals surface area contributed by atoms with Crippen LogP contribution in [0.4, 0.5) is 4.79 Å². The van der Waals surface area contributed by atoms with Crippen molar-refractivity contribution >= 4 is 33.8 Å². The summed E-state index contributed by atoms with van der Waals surface area (Å²) in [5.74, 6) is -1.11. The van der Waals surface area contributed by atoms with Gasteiger partial charge < -0.3 is 15.0 Å². The maximum atomic E-state index is 12.7. The average molecular weight is 485 g/mol. The summed E-state index contributed by atoms with van der Waals surface area (Å²) < 4.78 is 5.92. The van der Waals surface area contributed by atoms with Crippen molar-refractivity contribution in [1.29, 1.82) is 0 Å². The van der Waals surface area contributed by atoms with E-state index in [2.05, 4.69) is 37.1 Å². The van der Waals surface area contributed by atoms with Crippen LogP contribution in [-0.2, 0) is 22.6 Å². The lowest BCUT2D eigenvalue weighted by atomic mass is 10.1. The maximum Gasteiger partial charge on any atom is 0.408 e. The molecule has 0 aliphatic heterocycles. The Morgan fingerprint density at radius 1 is 0.935 bits per heavy atom. The van der Waals surface area contributed by atoms with E-state index in [-0.39, 0.29) is 18.7 Å². The molecule has 160 valence electrons. The Bertz CT molecular complexity index is 1020. The van der Waals surface area contributed by atoms with Crippen LogP contribution < -0.4 is 16.2 Å². The SMILES string of the molecule is O=C(N[C@@H](Cc1ccccc1)C(=O)NNC(=O)c1cc(Br)c[nH]1)OCc1ccccc1. The zero-order valence-electron chi connectivity index (χ0n) is 16.4. The lowest BCUT2D eigenvalue weighted by Gasteiger charge is -2.18. The van der Waals surface area contributed by atoms with Crippen LogP contribution in [0, 0.1) is 0 Å². The van der Waals surface area contributed by atoms with Crippen molar-refractivity contribution < 1.29 is 19.1 Å². The number of amides is 3. The zero-order valence-corrected chi connectivity index (χ0v) is 18.0. The molecule has 9 heteroatoms. The van der Waals surface area contributed by atoms with Gasteiger partial charge in [0.1, 0.15) is 18.3 Å². The van der Waals surface area contributed by atoms with Crippen LogP contribution >= 0.6 is 15.9 Å². The standard InChI is InChI=1S/C22H21BrN4O4/c23-17-12-18(24-13-17)20(28)26-27-21(29)19(11-15-7-3-1-4-8-15)25-22(30)31-14-16-9-5-2-6-10-16/h1-10,12-13,19,24H,11,14H2,(H,25,30)(H,26,28)(H,27,29)/t19-/m0/s1. The number of H-pyrrole nitrogens is 1. The third-order valence-corrected chi connectivity index (χ3v) is 4.75. The Kier molecular flexibility index (Phi) is 7.83. The molecule has 31 heavy (non-hydrogen) atoms. The first-order valence-electron chi connectivity index (χ1n) is 9.46. The number of hydrogen-bond donors (Lipinski definition) is 4. The normalized spacial score (nSPS) is 11.3. The summed E-state index contributed by atoms with van der Waals surface area (Å²) in [6.45, 7) is 0.0742. The Morgan fingerprint density at radius 2 is 1.58 bits per heavy atom. The van der Waals surface area contributed by atoms with Gasteiger partial charge in [0.2, 0.25) is 0 Å². The Hall–Kier alpha value is -3.59. The van der Waals surface area contributed by atoms with E-state index in [1.807, 2.05) is 60.7 Å². The summed E-state index contributed by atoms with van der Waals surface area (Å²) in [6, 6.07) is 19.0. The second-order valence-corrected chi connectivity index (χ2v) is 7.54. The summed E-state index contributed by atoms with van der Waals surface area (Å²) in [5.41, 5.74) is 6.60. The van der Waals surface area contributed by atoms with Gasteiger partial charge in [0, 0.05) is 17.1 Å². The number of hydrazine groups is 1. The minimum Gasteiger partial charge on any atom is -0.445 e. The van der Waals surface area contributed by atoms with Gasteiger partial charge in [-0.3, -0.25) is 20.4 Å². The van der Waals surface area contributed by atoms with E-state index >= 15 is 0 Å². The average Bonchev–Trinajstić information content (AvgIpc) is 3.23. The highest BCUT2D eigenvalue weighted by Crippen LogP contribution is 2.10. The number of alkyl carbamates (subject to hydrolysis) is 1. The van der Waals surface area contributed by atoms with Crippen molar-refractivity contribution in [2.75, 3.05) is 0 Å². The van der Waals surface area contributed by atoms with Crippen molar-refractivity contribution in [3.63, 3.8) is 0 Å². The number of carbonyl (C=O) groups is 3. The third kappa shape index (κ3) is 7.00. The van der Waals surface area contributed by atoms with Gasteiger partial charge in [0.15, 0.2) is 0 Å². The van der Waals surface area contributed by atoms with Gasteiger partial charge in [-0.05, 0) is 33.1 Å². The molecule has 0 saturated heterocycles. The summed E-state index contributed by atoms with van der Waals surface area (Å²) in [7, 11) is 0. The number of aromatic nitrogens is 1. The molecule has 2 aromatic carbocycles. The monoisotopic (exact) mass is 484 g/mol. The van der Waals surface area contributed by atoms with E-state index in [0.29, 0.717) is 4.47 Å². The van der Waals surface area contributed by atoms with E-state index in [9.17, 15) is 14.4 Å². The number of nitrogens with one attached hydrogen (secondary N) is 4. The Morgan fingerprint density at radius 3 is 2.19 bits per heavy atom. The highest BCUT2D eigenvalue weighted by molar-refractivity contribution is 9.10. The molecule has 1 aromatic heterocycles. The van der Waals surface area contributed by atoms with Gasteiger partial charge >= 0.3 is 6.09 Å². The highest BCUT2D eigenvalue weighted by atomic mass is 79.9. The molecule has 0 radical (unpaired) electrons. The molecule has 4 N–H and O–H groups in total. The lowest BCUT2D eigenvalue weighted by Crippen LogP contribution is -2.53. The molecule has 0 bridgehead atoms. The van der Waals surface area contributed by atoms with E-state index in [1.165, 1.54) is 0 Å². The first-order chi connectivity index (χ1) is 15.0. The van der Waals surface area contributed by atoms with Crippen molar-refractivity contribution in [2.45, 2.75) is 19.1 Å². The number of rotatable bonds is 7. The molecule has 3 amide bonds. The predicted molar refractivity (Wildman–Crippen MR) is 118 cm³/mol. The molecule has 0 aliphatic rings. The molecule has 3 aromatic rings. The third-order valence-electron chi connectivity index (χ3n) is 4.30. The number of carbonyl (C=O) groups excluding carboxylic acids is 3. The van der Waals surface area contributed by atoms with Crippen LogP contribution in [0.5, 0.6) is 0 Å². The fraction of sp³-hybridized carbons (Fsp3) is 0.136. The van der Waals surface area contributed by atoms with Crippen LogP contribution in [0.25, 0.3) is 0 Å². The largest absolute Gasteiger partial charge is 0.445 e. The van der Waals surface area contributed by atoms with Gasteiger partial charge in [-0.1, -0.05) is 60.7 Å². The topological polar surface area (TPSA) is 112 Å². The second-order valence-electron chi connectivity index (χ2n) is 6.62. The van der Waals surface area contributed by atoms with Gasteiger partial charge in [-0.25, -0.2) is 4.79 Å². The van der Waals surface area contributed by atoms with E-state index in [1.54, 1.807) is 12.3 Å². The molecule has 0 saturated carbocycles. The second kappa shape index (κ2) is 11.0. The number of ether oxygens (including phenoxy) is 1. The van der Waals surface area contributed by atoms with Crippen LogP contribution in [0.2, 0.25) is 0 Å². The van der Waals surface area contributed by atoms with Crippen LogP contribution in [-0.4, -0.2) is 28.9 Å². The van der Waals surface area contributed by atoms with Crippen molar-refractivity contribution in [1.82, 2.24) is 21.2 Å². The smallest absolute Gasteiger partial charge is 0.408 e. The first-order valence-corrected chi connectivity index (χ1v) is 10.3. The molecule has 1 heterocycles. The number of aromatic amines is 1. The predicted octanol–water partition coefficient (Wildman–Crippen LogP) is 3.08. The quantitative estimate of drug-likeness (QED) is 0.386. The van der Waals surface area contributed by atoms with Gasteiger partial charge in [0.05, 0.1) is 0 Å². The van der Waals surface area contributed by atoms with Crippen molar-refractivity contribution in [2.24, 2.45) is 0 Å². The van der Waals surface area contributed by atoms with Crippen LogP contribution in [0.3, 0.4) is 0 Å². The summed E-state index contributed by atoms with van der Waals surface area (Å²) in [4.78, 5) is 39.9. The molecule has 0 aliphatic carbocycles. The summed E-state index contributed by atoms with van der Waals surface area (Å²) in [6.07, 6.45) is 1.08.